The first-order chi connectivity index (χ1) is 5.91. The standard InChI is InChI=1S/C7H8F3N3/c1-4(11)5-2-12-6(13-3-5)7(8,9)10/h2-4H,11H2,1H3. The van der Waals surface area contributed by atoms with Gasteiger partial charge in [-0.3, -0.25) is 0 Å². The molecule has 6 heteroatoms. The van der Waals surface area contributed by atoms with Crippen LogP contribution in [0.4, 0.5) is 13.2 Å². The lowest BCUT2D eigenvalue weighted by Crippen LogP contribution is -2.13. The molecule has 3 nitrogen and oxygen atoms in total. The van der Waals surface area contributed by atoms with E-state index in [9.17, 15) is 13.2 Å². The molecule has 0 amide bonds. The maximum Gasteiger partial charge on any atom is 0.451 e. The first-order valence-electron chi connectivity index (χ1n) is 3.56. The van der Waals surface area contributed by atoms with Gasteiger partial charge in [-0.1, -0.05) is 0 Å². The molecule has 0 radical (unpaired) electrons. The molecule has 0 aliphatic carbocycles. The zero-order valence-corrected chi connectivity index (χ0v) is 6.84. The average molecular weight is 191 g/mol. The second kappa shape index (κ2) is 3.29. The summed E-state index contributed by atoms with van der Waals surface area (Å²) in [7, 11) is 0. The Morgan fingerprint density at radius 2 is 1.77 bits per heavy atom. The summed E-state index contributed by atoms with van der Waals surface area (Å²) < 4.78 is 35.9. The minimum absolute atomic E-state index is 0.359. The molecular weight excluding hydrogens is 183 g/mol. The summed E-state index contributed by atoms with van der Waals surface area (Å²) >= 11 is 0. The number of alkyl halides is 3. The Bertz CT molecular complexity index is 278. The SMILES string of the molecule is CC(N)c1cnc(C(F)(F)F)nc1. The molecule has 13 heavy (non-hydrogen) atoms. The molecule has 0 spiro atoms. The molecule has 0 aliphatic rings. The van der Waals surface area contributed by atoms with Gasteiger partial charge in [-0.15, -0.1) is 0 Å². The van der Waals surface area contributed by atoms with E-state index in [1.165, 1.54) is 0 Å². The van der Waals surface area contributed by atoms with Crippen LogP contribution in [0.25, 0.3) is 0 Å². The Kier molecular flexibility index (Phi) is 2.51. The topological polar surface area (TPSA) is 51.8 Å². The molecule has 1 aromatic rings. The van der Waals surface area contributed by atoms with Crippen LogP contribution < -0.4 is 5.73 Å². The highest BCUT2D eigenvalue weighted by molar-refractivity contribution is 5.09. The summed E-state index contributed by atoms with van der Waals surface area (Å²) in [6, 6.07) is -0.359. The predicted molar refractivity (Wildman–Crippen MR) is 39.6 cm³/mol. The van der Waals surface area contributed by atoms with Crippen LogP contribution in [0, 0.1) is 0 Å². The van der Waals surface area contributed by atoms with Crippen LogP contribution in [-0.4, -0.2) is 9.97 Å². The normalized spacial score (nSPS) is 14.2. The van der Waals surface area contributed by atoms with Gasteiger partial charge in [-0.2, -0.15) is 13.2 Å². The summed E-state index contributed by atoms with van der Waals surface area (Å²) in [6.45, 7) is 1.64. The van der Waals surface area contributed by atoms with Gasteiger partial charge in [0.1, 0.15) is 0 Å². The van der Waals surface area contributed by atoms with Gasteiger partial charge < -0.3 is 5.73 Å². The van der Waals surface area contributed by atoms with Crippen LogP contribution in [0.2, 0.25) is 0 Å². The van der Waals surface area contributed by atoms with Gasteiger partial charge in [0.2, 0.25) is 5.82 Å². The molecule has 2 N–H and O–H groups in total. The third kappa shape index (κ3) is 2.38. The van der Waals surface area contributed by atoms with Crippen LogP contribution in [0.3, 0.4) is 0 Å². The van der Waals surface area contributed by atoms with Crippen molar-refractivity contribution in [2.24, 2.45) is 5.73 Å². The van der Waals surface area contributed by atoms with Gasteiger partial charge >= 0.3 is 6.18 Å². The summed E-state index contributed by atoms with van der Waals surface area (Å²) in [5.41, 5.74) is 5.89. The van der Waals surface area contributed by atoms with Gasteiger partial charge in [-0.25, -0.2) is 9.97 Å². The number of aromatic nitrogens is 2. The van der Waals surface area contributed by atoms with E-state index >= 15 is 0 Å². The molecule has 0 aromatic carbocycles. The third-order valence-corrected chi connectivity index (χ3v) is 1.45. The van der Waals surface area contributed by atoms with Gasteiger partial charge in [-0.05, 0) is 6.92 Å². The monoisotopic (exact) mass is 191 g/mol. The fraction of sp³-hybridized carbons (Fsp3) is 0.429. The van der Waals surface area contributed by atoms with Crippen molar-refractivity contribution in [1.82, 2.24) is 9.97 Å². The van der Waals surface area contributed by atoms with Crippen LogP contribution in [-0.2, 0) is 6.18 Å². The van der Waals surface area contributed by atoms with Crippen molar-refractivity contribution in [3.63, 3.8) is 0 Å². The summed E-state index contributed by atoms with van der Waals surface area (Å²) in [5, 5.41) is 0. The minimum Gasteiger partial charge on any atom is -0.324 e. The number of halogens is 3. The van der Waals surface area contributed by atoms with Crippen molar-refractivity contribution in [2.75, 3.05) is 0 Å². The maximum atomic E-state index is 12.0. The van der Waals surface area contributed by atoms with Gasteiger partial charge in [0.15, 0.2) is 0 Å². The molecule has 1 atom stereocenters. The zero-order valence-electron chi connectivity index (χ0n) is 6.84. The summed E-state index contributed by atoms with van der Waals surface area (Å²) in [6.07, 6.45) is -2.32. The zero-order chi connectivity index (χ0) is 10.1. The van der Waals surface area contributed by atoms with Gasteiger partial charge in [0.25, 0.3) is 0 Å². The molecule has 0 fully saturated rings. The lowest BCUT2D eigenvalue weighted by atomic mass is 10.2. The van der Waals surface area contributed by atoms with E-state index in [4.69, 9.17) is 5.73 Å². The van der Waals surface area contributed by atoms with Crippen LogP contribution in [0.1, 0.15) is 24.4 Å². The predicted octanol–water partition coefficient (Wildman–Crippen LogP) is 1.52. The number of hydrogen-bond donors (Lipinski definition) is 1. The second-order valence-corrected chi connectivity index (χ2v) is 2.63. The lowest BCUT2D eigenvalue weighted by molar-refractivity contribution is -0.145. The largest absolute Gasteiger partial charge is 0.451 e. The Hall–Kier alpha value is -1.17. The van der Waals surface area contributed by atoms with E-state index < -0.39 is 12.0 Å². The highest BCUT2D eigenvalue weighted by atomic mass is 19.4. The summed E-state index contributed by atoms with van der Waals surface area (Å²) in [4.78, 5) is 6.31. The van der Waals surface area contributed by atoms with E-state index in [1.807, 2.05) is 0 Å². The fourth-order valence-corrected chi connectivity index (χ4v) is 0.720. The molecule has 0 saturated carbocycles. The van der Waals surface area contributed by atoms with E-state index in [0.29, 0.717) is 5.56 Å². The Balaban J connectivity index is 2.94. The number of nitrogens with two attached hydrogens (primary N) is 1. The number of hydrogen-bond acceptors (Lipinski definition) is 3. The summed E-state index contributed by atoms with van der Waals surface area (Å²) in [5.74, 6) is -1.14. The Morgan fingerprint density at radius 3 is 2.08 bits per heavy atom. The van der Waals surface area contributed by atoms with Crippen molar-refractivity contribution < 1.29 is 13.2 Å². The van der Waals surface area contributed by atoms with Crippen molar-refractivity contribution in [2.45, 2.75) is 19.1 Å². The highest BCUT2D eigenvalue weighted by Gasteiger charge is 2.34. The third-order valence-electron chi connectivity index (χ3n) is 1.45. The smallest absolute Gasteiger partial charge is 0.324 e. The molecule has 1 unspecified atom stereocenters. The van der Waals surface area contributed by atoms with Gasteiger partial charge in [0, 0.05) is 24.0 Å². The Labute approximate surface area is 72.8 Å². The van der Waals surface area contributed by atoms with Crippen LogP contribution in [0.5, 0.6) is 0 Å². The van der Waals surface area contributed by atoms with Crippen LogP contribution >= 0.6 is 0 Å². The van der Waals surface area contributed by atoms with E-state index in [1.54, 1.807) is 6.92 Å². The molecule has 0 saturated heterocycles. The van der Waals surface area contributed by atoms with Crippen molar-refractivity contribution in [3.8, 4) is 0 Å². The minimum atomic E-state index is -4.49. The average Bonchev–Trinajstić information content (AvgIpc) is 2.03. The van der Waals surface area contributed by atoms with E-state index in [0.717, 1.165) is 12.4 Å². The molecule has 1 heterocycles. The second-order valence-electron chi connectivity index (χ2n) is 2.63. The lowest BCUT2D eigenvalue weighted by Gasteiger charge is -2.06. The molecule has 0 aliphatic heterocycles. The molecule has 72 valence electrons. The fourth-order valence-electron chi connectivity index (χ4n) is 0.720. The van der Waals surface area contributed by atoms with Crippen molar-refractivity contribution in [3.05, 3.63) is 23.8 Å². The first-order valence-corrected chi connectivity index (χ1v) is 3.56. The quantitative estimate of drug-likeness (QED) is 0.732. The number of nitrogens with zero attached hydrogens (tertiary/aromatic N) is 2. The molecular formula is C7H8F3N3. The highest BCUT2D eigenvalue weighted by Crippen LogP contribution is 2.25. The molecule has 0 bridgehead atoms. The first kappa shape index (κ1) is 9.91. The molecule has 1 aromatic heterocycles. The van der Waals surface area contributed by atoms with Crippen LogP contribution in [0.15, 0.2) is 12.4 Å². The van der Waals surface area contributed by atoms with Crippen molar-refractivity contribution in [1.29, 1.82) is 0 Å². The molecule has 1 rings (SSSR count). The van der Waals surface area contributed by atoms with Gasteiger partial charge in [0.05, 0.1) is 0 Å². The van der Waals surface area contributed by atoms with Crippen molar-refractivity contribution >= 4 is 0 Å². The van der Waals surface area contributed by atoms with E-state index in [-0.39, 0.29) is 6.04 Å². The maximum absolute atomic E-state index is 12.0. The Morgan fingerprint density at radius 1 is 1.31 bits per heavy atom. The number of rotatable bonds is 1. The van der Waals surface area contributed by atoms with E-state index in [2.05, 4.69) is 9.97 Å².